The van der Waals surface area contributed by atoms with Crippen LogP contribution in [0.5, 0.6) is 11.5 Å². The molecule has 0 heterocycles. The second kappa shape index (κ2) is 6.88. The van der Waals surface area contributed by atoms with Gasteiger partial charge in [0.25, 0.3) is 8.32 Å². The minimum Gasteiger partial charge on any atom is -0.541 e. The summed E-state index contributed by atoms with van der Waals surface area (Å²) in [6.07, 6.45) is 1.16. The predicted molar refractivity (Wildman–Crippen MR) is 95.1 cm³/mol. The number of hydrogen-bond acceptors (Lipinski definition) is 3. The van der Waals surface area contributed by atoms with Crippen molar-refractivity contribution < 1.29 is 14.3 Å². The first kappa shape index (κ1) is 18.8. The number of rotatable bonds is 6. The maximum absolute atomic E-state index is 10.3. The number of ether oxygens (including phenoxy) is 1. The molecule has 0 aliphatic carbocycles. The van der Waals surface area contributed by atoms with Crippen LogP contribution in [0, 0.1) is 5.92 Å². The predicted octanol–water partition coefficient (Wildman–Crippen LogP) is 4.93. The molecule has 0 aliphatic rings. The van der Waals surface area contributed by atoms with Crippen LogP contribution in [0.25, 0.3) is 0 Å². The van der Waals surface area contributed by atoms with Gasteiger partial charge in [-0.1, -0.05) is 39.8 Å². The summed E-state index contributed by atoms with van der Waals surface area (Å²) >= 11 is 0. The molecule has 2 atom stereocenters. The van der Waals surface area contributed by atoms with E-state index >= 15 is 0 Å². The molecular weight excluding hydrogens is 292 g/mol. The Hall–Kier alpha value is -1.26. The lowest BCUT2D eigenvalue weighted by molar-refractivity contribution is 0.139. The molecule has 1 N–H and O–H groups in total. The summed E-state index contributed by atoms with van der Waals surface area (Å²) < 4.78 is 11.8. The Morgan fingerprint density at radius 3 is 2.27 bits per heavy atom. The van der Waals surface area contributed by atoms with Crippen molar-refractivity contribution in [2.75, 3.05) is 7.11 Å². The molecule has 0 spiro atoms. The van der Waals surface area contributed by atoms with Crippen molar-refractivity contribution in [3.63, 3.8) is 0 Å². The van der Waals surface area contributed by atoms with Crippen LogP contribution in [-0.4, -0.2) is 20.5 Å². The molecule has 0 saturated heterocycles. The van der Waals surface area contributed by atoms with Crippen LogP contribution in [0.4, 0.5) is 0 Å². The van der Waals surface area contributed by atoms with Gasteiger partial charge in [0.2, 0.25) is 0 Å². The fraction of sp³-hybridized carbons (Fsp3) is 0.556. The summed E-state index contributed by atoms with van der Waals surface area (Å²) in [6.45, 7) is 16.7. The van der Waals surface area contributed by atoms with Crippen molar-refractivity contribution in [1.29, 1.82) is 0 Å². The van der Waals surface area contributed by atoms with Gasteiger partial charge >= 0.3 is 0 Å². The van der Waals surface area contributed by atoms with Crippen molar-refractivity contribution in [2.45, 2.75) is 51.9 Å². The molecule has 0 amide bonds. The Balaban J connectivity index is 3.12. The number of aliphatic hydroxyl groups is 1. The first-order chi connectivity index (χ1) is 10.0. The molecule has 1 aromatic rings. The highest BCUT2D eigenvalue weighted by molar-refractivity contribution is 6.74. The van der Waals surface area contributed by atoms with Gasteiger partial charge in [-0.3, -0.25) is 0 Å². The Bertz CT molecular complexity index is 518. The van der Waals surface area contributed by atoms with Crippen molar-refractivity contribution in [3.05, 3.63) is 36.4 Å². The molecule has 1 rings (SSSR count). The van der Waals surface area contributed by atoms with E-state index in [1.165, 1.54) is 0 Å². The van der Waals surface area contributed by atoms with Gasteiger partial charge in [-0.15, -0.1) is 6.58 Å². The third-order valence-electron chi connectivity index (χ3n) is 4.57. The second-order valence-corrected chi connectivity index (χ2v) is 12.0. The molecular formula is C18H30O3Si. The van der Waals surface area contributed by atoms with Gasteiger partial charge in [0.1, 0.15) is 5.75 Å². The van der Waals surface area contributed by atoms with E-state index in [1.807, 2.05) is 25.1 Å². The summed E-state index contributed by atoms with van der Waals surface area (Å²) in [6, 6.07) is 5.65. The van der Waals surface area contributed by atoms with Crippen LogP contribution < -0.4 is 9.16 Å². The van der Waals surface area contributed by atoms with E-state index in [-0.39, 0.29) is 11.0 Å². The normalized spacial score (nSPS) is 15.1. The zero-order chi connectivity index (χ0) is 17.1. The average Bonchev–Trinajstić information content (AvgIpc) is 2.44. The molecule has 0 radical (unpaired) electrons. The fourth-order valence-electron chi connectivity index (χ4n) is 1.81. The molecule has 0 saturated carbocycles. The SMILES string of the molecule is C=C[C@@H](C)[C@@H](O)c1ccc(O[Si](C)(C)C(C)(C)C)c(OC)c1. The van der Waals surface area contributed by atoms with E-state index in [1.54, 1.807) is 13.2 Å². The van der Waals surface area contributed by atoms with Crippen LogP contribution in [0.3, 0.4) is 0 Å². The second-order valence-electron chi connectivity index (χ2n) is 7.31. The van der Waals surface area contributed by atoms with E-state index in [4.69, 9.17) is 9.16 Å². The quantitative estimate of drug-likeness (QED) is 0.596. The minimum atomic E-state index is -1.93. The molecule has 124 valence electrons. The number of aliphatic hydroxyl groups excluding tert-OH is 1. The Kier molecular flexibility index (Phi) is 5.87. The lowest BCUT2D eigenvalue weighted by Crippen LogP contribution is -2.43. The average molecular weight is 323 g/mol. The zero-order valence-corrected chi connectivity index (χ0v) is 15.9. The summed E-state index contributed by atoms with van der Waals surface area (Å²) in [5.74, 6) is 1.39. The standard InChI is InChI=1S/C18H30O3Si/c1-9-13(2)17(19)14-10-11-15(16(12-14)20-6)21-22(7,8)18(3,4)5/h9-13,17,19H,1H2,2-8H3/t13-,17-/m1/s1. The van der Waals surface area contributed by atoms with Gasteiger partial charge in [0, 0.05) is 5.92 Å². The lowest BCUT2D eigenvalue weighted by atomic mass is 9.97. The van der Waals surface area contributed by atoms with Crippen LogP contribution in [0.2, 0.25) is 18.1 Å². The van der Waals surface area contributed by atoms with Gasteiger partial charge < -0.3 is 14.3 Å². The first-order valence-electron chi connectivity index (χ1n) is 7.71. The summed E-state index contributed by atoms with van der Waals surface area (Å²) in [7, 11) is -0.299. The number of benzene rings is 1. The summed E-state index contributed by atoms with van der Waals surface area (Å²) in [5, 5.41) is 10.4. The molecule has 1 aromatic carbocycles. The van der Waals surface area contributed by atoms with Crippen molar-refractivity contribution in [2.24, 2.45) is 5.92 Å². The van der Waals surface area contributed by atoms with E-state index in [9.17, 15) is 5.11 Å². The van der Waals surface area contributed by atoms with Crippen molar-refractivity contribution in [3.8, 4) is 11.5 Å². The maximum Gasteiger partial charge on any atom is 0.250 e. The third kappa shape index (κ3) is 4.14. The first-order valence-corrected chi connectivity index (χ1v) is 10.6. The maximum atomic E-state index is 10.3. The molecule has 0 fully saturated rings. The molecule has 3 nitrogen and oxygen atoms in total. The largest absolute Gasteiger partial charge is 0.541 e. The molecule has 0 aromatic heterocycles. The van der Waals surface area contributed by atoms with E-state index in [2.05, 4.69) is 40.4 Å². The molecule has 0 bridgehead atoms. The molecule has 0 unspecified atom stereocenters. The van der Waals surface area contributed by atoms with Gasteiger partial charge in [-0.05, 0) is 35.8 Å². The molecule has 22 heavy (non-hydrogen) atoms. The van der Waals surface area contributed by atoms with Crippen molar-refractivity contribution >= 4 is 8.32 Å². The fourth-order valence-corrected chi connectivity index (χ4v) is 2.84. The van der Waals surface area contributed by atoms with Gasteiger partial charge in [-0.2, -0.15) is 0 Å². The van der Waals surface area contributed by atoms with E-state index < -0.39 is 14.4 Å². The topological polar surface area (TPSA) is 38.7 Å². The number of methoxy groups -OCH3 is 1. The molecule has 0 aliphatic heterocycles. The van der Waals surface area contributed by atoms with E-state index in [0.29, 0.717) is 5.75 Å². The van der Waals surface area contributed by atoms with Gasteiger partial charge in [0.05, 0.1) is 13.2 Å². The van der Waals surface area contributed by atoms with Gasteiger partial charge in [-0.25, -0.2) is 0 Å². The zero-order valence-electron chi connectivity index (χ0n) is 14.9. The highest BCUT2D eigenvalue weighted by Crippen LogP contribution is 2.41. The lowest BCUT2D eigenvalue weighted by Gasteiger charge is -2.36. The van der Waals surface area contributed by atoms with Crippen LogP contribution in [-0.2, 0) is 0 Å². The van der Waals surface area contributed by atoms with Crippen LogP contribution in [0.15, 0.2) is 30.9 Å². The Labute approximate surface area is 136 Å². The van der Waals surface area contributed by atoms with Crippen LogP contribution >= 0.6 is 0 Å². The summed E-state index contributed by atoms with van der Waals surface area (Å²) in [4.78, 5) is 0. The van der Waals surface area contributed by atoms with Gasteiger partial charge in [0.15, 0.2) is 5.75 Å². The minimum absolute atomic E-state index is 0.0168. The third-order valence-corrected chi connectivity index (χ3v) is 8.91. The smallest absolute Gasteiger partial charge is 0.250 e. The monoisotopic (exact) mass is 322 g/mol. The van der Waals surface area contributed by atoms with Crippen molar-refractivity contribution in [1.82, 2.24) is 0 Å². The highest BCUT2D eigenvalue weighted by Gasteiger charge is 2.39. The summed E-state index contributed by atoms with van der Waals surface area (Å²) in [5.41, 5.74) is 0.812. The Morgan fingerprint density at radius 1 is 1.23 bits per heavy atom. The highest BCUT2D eigenvalue weighted by atomic mass is 28.4. The van der Waals surface area contributed by atoms with Crippen LogP contribution in [0.1, 0.15) is 39.4 Å². The number of hydrogen-bond donors (Lipinski definition) is 1. The molecule has 4 heteroatoms. The Morgan fingerprint density at radius 2 is 1.82 bits per heavy atom. The van der Waals surface area contributed by atoms with E-state index in [0.717, 1.165) is 11.3 Å².